The first-order valence-electron chi connectivity index (χ1n) is 7.84. The van der Waals surface area contributed by atoms with Crippen LogP contribution < -0.4 is 0 Å². The van der Waals surface area contributed by atoms with Crippen molar-refractivity contribution in [1.29, 1.82) is 0 Å². The van der Waals surface area contributed by atoms with E-state index in [1.54, 1.807) is 0 Å². The summed E-state index contributed by atoms with van der Waals surface area (Å²) in [5, 5.41) is 5.73. The number of halogens is 1. The van der Waals surface area contributed by atoms with Crippen LogP contribution in [0.25, 0.3) is 10.9 Å². The molecule has 1 spiro atoms. The number of benzene rings is 1. The average molecular weight is 430 g/mol. The van der Waals surface area contributed by atoms with E-state index in [0.717, 1.165) is 38.9 Å². The summed E-state index contributed by atoms with van der Waals surface area (Å²) in [5.41, 5.74) is 4.14. The van der Waals surface area contributed by atoms with E-state index in [1.807, 2.05) is 6.20 Å². The number of hydrogen-bond acceptors (Lipinski definition) is 3. The Bertz CT molecular complexity index is 687. The van der Waals surface area contributed by atoms with Gasteiger partial charge in [0.2, 0.25) is 0 Å². The zero-order valence-corrected chi connectivity index (χ0v) is 15.8. The molecule has 1 saturated carbocycles. The van der Waals surface area contributed by atoms with E-state index >= 15 is 0 Å². The molecule has 1 atom stereocenters. The second-order valence-electron chi connectivity index (χ2n) is 6.29. The number of fused-ring (bicyclic) bond motifs is 1. The van der Waals surface area contributed by atoms with Gasteiger partial charge in [-0.05, 0) is 71.0 Å². The van der Waals surface area contributed by atoms with Gasteiger partial charge in [0.1, 0.15) is 0 Å². The van der Waals surface area contributed by atoms with Crippen LogP contribution in [0.1, 0.15) is 42.7 Å². The smallest absolute Gasteiger partial charge is 0.168 e. The molecule has 0 bridgehead atoms. The minimum absolute atomic E-state index is 0.264. The normalized spacial score (nSPS) is 22.5. The SMILES string of the molecule is Cc1cc2cnn(PI)c2cc1C1CCC2(CC1)OCCO2. The van der Waals surface area contributed by atoms with Gasteiger partial charge < -0.3 is 9.47 Å². The summed E-state index contributed by atoms with van der Waals surface area (Å²) in [4.78, 5) is 0. The summed E-state index contributed by atoms with van der Waals surface area (Å²) in [7, 11) is 0. The standard InChI is InChI=1S/C16H20IN2O2P/c1-11-8-13-10-18-19(22-17)15(13)9-14(11)12-2-4-16(5-3-12)20-6-7-21-16/h8-10,12,22H,2-7H2,1H3. The topological polar surface area (TPSA) is 36.3 Å². The van der Waals surface area contributed by atoms with Crippen LogP contribution in [0.3, 0.4) is 0 Å². The Kier molecular flexibility index (Phi) is 4.18. The number of aromatic nitrogens is 2. The highest BCUT2D eigenvalue weighted by atomic mass is 127. The molecule has 1 saturated heterocycles. The van der Waals surface area contributed by atoms with E-state index in [2.05, 4.69) is 50.6 Å². The van der Waals surface area contributed by atoms with E-state index in [0.29, 0.717) is 12.3 Å². The maximum absolute atomic E-state index is 5.85. The molecule has 4 rings (SSSR count). The zero-order chi connectivity index (χ0) is 15.2. The molecule has 0 radical (unpaired) electrons. The highest BCUT2D eigenvalue weighted by Gasteiger charge is 2.40. The van der Waals surface area contributed by atoms with Gasteiger partial charge >= 0.3 is 0 Å². The predicted molar refractivity (Wildman–Crippen MR) is 98.0 cm³/mol. The fraction of sp³-hybridized carbons (Fsp3) is 0.562. The molecule has 1 aliphatic carbocycles. The Morgan fingerprint density at radius 3 is 2.68 bits per heavy atom. The fourth-order valence-electron chi connectivity index (χ4n) is 3.87. The monoisotopic (exact) mass is 430 g/mol. The fourth-order valence-corrected chi connectivity index (χ4v) is 5.40. The van der Waals surface area contributed by atoms with Crippen molar-refractivity contribution in [1.82, 2.24) is 9.55 Å². The second kappa shape index (κ2) is 6.00. The molecule has 118 valence electrons. The van der Waals surface area contributed by atoms with E-state index in [4.69, 9.17) is 9.47 Å². The van der Waals surface area contributed by atoms with Crippen LogP contribution in [-0.4, -0.2) is 28.6 Å². The third-order valence-electron chi connectivity index (χ3n) is 5.04. The van der Waals surface area contributed by atoms with Crippen molar-refractivity contribution in [2.24, 2.45) is 0 Å². The van der Waals surface area contributed by atoms with Gasteiger partial charge in [0.25, 0.3) is 0 Å². The van der Waals surface area contributed by atoms with Crippen LogP contribution in [0, 0.1) is 6.92 Å². The van der Waals surface area contributed by atoms with E-state index < -0.39 is 0 Å². The molecular formula is C16H20IN2O2P. The summed E-state index contributed by atoms with van der Waals surface area (Å²) in [6, 6.07) is 4.65. The molecule has 1 aromatic carbocycles. The zero-order valence-electron chi connectivity index (χ0n) is 12.6. The number of hydrogen-bond donors (Lipinski definition) is 0. The van der Waals surface area contributed by atoms with Gasteiger partial charge in [0.05, 0.1) is 31.3 Å². The highest BCUT2D eigenvalue weighted by molar-refractivity contribution is 14.2. The third-order valence-corrected chi connectivity index (χ3v) is 6.92. The third kappa shape index (κ3) is 2.60. The molecule has 2 aromatic rings. The summed E-state index contributed by atoms with van der Waals surface area (Å²) in [6.45, 7) is 3.74. The molecule has 1 unspecified atom stereocenters. The quantitative estimate of drug-likeness (QED) is 0.519. The lowest BCUT2D eigenvalue weighted by molar-refractivity contribution is -0.178. The van der Waals surface area contributed by atoms with Crippen LogP contribution in [0.4, 0.5) is 0 Å². The number of aryl methyl sites for hydroxylation is 1. The molecule has 2 heterocycles. The highest BCUT2D eigenvalue weighted by Crippen LogP contribution is 2.44. The maximum atomic E-state index is 5.85. The van der Waals surface area contributed by atoms with Gasteiger partial charge in [-0.25, -0.2) is 4.45 Å². The van der Waals surface area contributed by atoms with Crippen molar-refractivity contribution in [2.45, 2.75) is 44.3 Å². The molecule has 2 fully saturated rings. The van der Waals surface area contributed by atoms with E-state index in [-0.39, 0.29) is 5.79 Å². The minimum atomic E-state index is -0.264. The molecule has 0 amide bonds. The molecule has 0 N–H and O–H groups in total. The Hall–Kier alpha value is -0.230. The van der Waals surface area contributed by atoms with Gasteiger partial charge in [-0.3, -0.25) is 0 Å². The Labute approximate surface area is 145 Å². The molecule has 22 heavy (non-hydrogen) atoms. The molecular weight excluding hydrogens is 410 g/mol. The minimum Gasteiger partial charge on any atom is -0.348 e. The van der Waals surface area contributed by atoms with Gasteiger partial charge in [-0.1, -0.05) is 0 Å². The molecule has 6 heteroatoms. The number of nitrogens with zero attached hydrogens (tertiary/aromatic N) is 2. The first-order chi connectivity index (χ1) is 10.7. The Morgan fingerprint density at radius 2 is 2.00 bits per heavy atom. The Morgan fingerprint density at radius 1 is 1.27 bits per heavy atom. The van der Waals surface area contributed by atoms with Gasteiger partial charge in [0.15, 0.2) is 5.79 Å². The van der Waals surface area contributed by atoms with Crippen molar-refractivity contribution >= 4 is 39.3 Å². The van der Waals surface area contributed by atoms with Gasteiger partial charge in [-0.2, -0.15) is 5.10 Å². The van der Waals surface area contributed by atoms with Crippen molar-refractivity contribution in [3.05, 3.63) is 29.5 Å². The summed E-state index contributed by atoms with van der Waals surface area (Å²) >= 11 is 2.39. The summed E-state index contributed by atoms with van der Waals surface area (Å²) in [6.07, 6.45) is 6.95. The second-order valence-corrected chi connectivity index (χ2v) is 8.33. The van der Waals surface area contributed by atoms with Crippen LogP contribution in [0.15, 0.2) is 18.3 Å². The van der Waals surface area contributed by atoms with Crippen molar-refractivity contribution < 1.29 is 9.47 Å². The van der Waals surface area contributed by atoms with Gasteiger partial charge in [-0.15, -0.1) is 0 Å². The van der Waals surface area contributed by atoms with E-state index in [1.165, 1.54) is 22.0 Å². The lowest BCUT2D eigenvalue weighted by Crippen LogP contribution is -2.34. The van der Waals surface area contributed by atoms with Crippen LogP contribution in [-0.2, 0) is 9.47 Å². The number of rotatable bonds is 2. The average Bonchev–Trinajstić information content (AvgIpc) is 3.14. The largest absolute Gasteiger partial charge is 0.348 e. The molecule has 2 aliphatic rings. The first kappa shape index (κ1) is 15.3. The Balaban J connectivity index is 1.62. The van der Waals surface area contributed by atoms with Crippen LogP contribution in [0.5, 0.6) is 0 Å². The van der Waals surface area contributed by atoms with Crippen molar-refractivity contribution in [2.75, 3.05) is 13.2 Å². The summed E-state index contributed by atoms with van der Waals surface area (Å²) < 4.78 is 13.8. The van der Waals surface area contributed by atoms with Crippen molar-refractivity contribution in [3.63, 3.8) is 0 Å². The van der Waals surface area contributed by atoms with E-state index in [9.17, 15) is 0 Å². The number of ether oxygens (including phenoxy) is 2. The van der Waals surface area contributed by atoms with Crippen molar-refractivity contribution in [3.8, 4) is 0 Å². The molecule has 4 nitrogen and oxygen atoms in total. The predicted octanol–water partition coefficient (Wildman–Crippen LogP) is 4.54. The lowest BCUT2D eigenvalue weighted by Gasteiger charge is -2.36. The lowest BCUT2D eigenvalue weighted by atomic mass is 9.79. The van der Waals surface area contributed by atoms with Gasteiger partial charge in [0, 0.05) is 18.2 Å². The van der Waals surface area contributed by atoms with Crippen LogP contribution in [0.2, 0.25) is 0 Å². The molecule has 1 aliphatic heterocycles. The van der Waals surface area contributed by atoms with Crippen LogP contribution >= 0.6 is 28.4 Å². The summed E-state index contributed by atoms with van der Waals surface area (Å²) in [5.74, 6) is 0.351. The molecule has 1 aromatic heterocycles. The first-order valence-corrected chi connectivity index (χ1v) is 11.9. The maximum Gasteiger partial charge on any atom is 0.168 e.